The molecule has 0 saturated carbocycles. The highest BCUT2D eigenvalue weighted by Gasteiger charge is 2.30. The first kappa shape index (κ1) is 28.3. The standard InChI is InChI=1S/C44H29O3P/c45-48(32-15-3-1-4-16-32,33-17-5-2-6-18-33)34-19-13-14-30(28-34)43-35-20-7-9-22-37(35)44(38-23-10-8-21-36(38)43)31-26-27-41-42(29-31)47-40-25-12-11-24-39(40)46-41/h1-29H. The molecule has 0 aliphatic carbocycles. The smallest absolute Gasteiger partial charge is 0.171 e. The van der Waals surface area contributed by atoms with Gasteiger partial charge in [-0.2, -0.15) is 0 Å². The molecule has 0 atom stereocenters. The van der Waals surface area contributed by atoms with Crippen LogP contribution in [0.3, 0.4) is 0 Å². The molecule has 228 valence electrons. The average Bonchev–Trinajstić information content (AvgIpc) is 3.16. The van der Waals surface area contributed by atoms with Crippen LogP contribution in [0.2, 0.25) is 0 Å². The lowest BCUT2D eigenvalue weighted by Gasteiger charge is -2.23. The summed E-state index contributed by atoms with van der Waals surface area (Å²) in [5.41, 5.74) is 4.32. The van der Waals surface area contributed by atoms with E-state index in [9.17, 15) is 0 Å². The number of ether oxygens (including phenoxy) is 2. The molecular formula is C44H29O3P. The lowest BCUT2D eigenvalue weighted by molar-refractivity contribution is 0.360. The molecule has 0 saturated heterocycles. The molecule has 48 heavy (non-hydrogen) atoms. The fraction of sp³-hybridized carbons (Fsp3) is 0. The average molecular weight is 637 g/mol. The first-order valence-electron chi connectivity index (χ1n) is 16.0. The zero-order valence-electron chi connectivity index (χ0n) is 25.9. The Morgan fingerprint density at radius 3 is 1.29 bits per heavy atom. The zero-order valence-corrected chi connectivity index (χ0v) is 26.8. The molecule has 0 radical (unpaired) electrons. The minimum absolute atomic E-state index is 0.689. The Hall–Kier alpha value is -5.89. The van der Waals surface area contributed by atoms with Crippen LogP contribution in [-0.4, -0.2) is 0 Å². The molecule has 1 aliphatic rings. The summed E-state index contributed by atoms with van der Waals surface area (Å²) < 4.78 is 27.8. The summed E-state index contributed by atoms with van der Waals surface area (Å²) >= 11 is 0. The van der Waals surface area contributed by atoms with Crippen molar-refractivity contribution in [3.8, 4) is 45.3 Å². The molecule has 1 heterocycles. The summed E-state index contributed by atoms with van der Waals surface area (Å²) in [6.45, 7) is 0. The number of hydrogen-bond acceptors (Lipinski definition) is 3. The van der Waals surface area contributed by atoms with E-state index in [1.165, 1.54) is 0 Å². The van der Waals surface area contributed by atoms with Crippen molar-refractivity contribution < 1.29 is 14.0 Å². The molecule has 0 fully saturated rings. The highest BCUT2D eigenvalue weighted by atomic mass is 31.2. The maximum absolute atomic E-state index is 15.3. The molecule has 8 aromatic carbocycles. The minimum Gasteiger partial charge on any atom is -0.450 e. The van der Waals surface area contributed by atoms with Gasteiger partial charge >= 0.3 is 0 Å². The van der Waals surface area contributed by atoms with Gasteiger partial charge in [0.1, 0.15) is 0 Å². The van der Waals surface area contributed by atoms with E-state index >= 15 is 4.57 Å². The van der Waals surface area contributed by atoms with Crippen molar-refractivity contribution in [1.82, 2.24) is 0 Å². The first-order chi connectivity index (χ1) is 23.7. The van der Waals surface area contributed by atoms with Crippen LogP contribution in [0.5, 0.6) is 23.0 Å². The number of hydrogen-bond donors (Lipinski definition) is 0. The van der Waals surface area contributed by atoms with Gasteiger partial charge in [0.25, 0.3) is 0 Å². The molecule has 0 spiro atoms. The van der Waals surface area contributed by atoms with E-state index < -0.39 is 7.14 Å². The van der Waals surface area contributed by atoms with Gasteiger partial charge in [-0.1, -0.05) is 146 Å². The number of rotatable bonds is 5. The van der Waals surface area contributed by atoms with Crippen molar-refractivity contribution in [1.29, 1.82) is 0 Å². The van der Waals surface area contributed by atoms with Crippen LogP contribution < -0.4 is 25.4 Å². The van der Waals surface area contributed by atoms with Crippen molar-refractivity contribution in [2.45, 2.75) is 0 Å². The van der Waals surface area contributed by atoms with Gasteiger partial charge in [0.2, 0.25) is 0 Å². The summed E-state index contributed by atoms with van der Waals surface area (Å²) in [5, 5.41) is 6.95. The molecule has 0 bridgehead atoms. The summed E-state index contributed by atoms with van der Waals surface area (Å²) in [6.07, 6.45) is 0. The van der Waals surface area contributed by atoms with Gasteiger partial charge in [-0.25, -0.2) is 0 Å². The van der Waals surface area contributed by atoms with Crippen molar-refractivity contribution in [3.63, 3.8) is 0 Å². The van der Waals surface area contributed by atoms with Gasteiger partial charge in [-0.15, -0.1) is 0 Å². The Kier molecular flexibility index (Phi) is 6.74. The molecule has 3 nitrogen and oxygen atoms in total. The van der Waals surface area contributed by atoms with Crippen LogP contribution >= 0.6 is 7.14 Å². The first-order valence-corrected chi connectivity index (χ1v) is 17.7. The van der Waals surface area contributed by atoms with Crippen LogP contribution in [0, 0.1) is 0 Å². The second-order valence-corrected chi connectivity index (χ2v) is 14.8. The van der Waals surface area contributed by atoms with E-state index in [0.29, 0.717) is 23.0 Å². The fourth-order valence-corrected chi connectivity index (χ4v) is 9.71. The minimum atomic E-state index is -3.16. The van der Waals surface area contributed by atoms with Gasteiger partial charge in [0.15, 0.2) is 30.1 Å². The van der Waals surface area contributed by atoms with Crippen molar-refractivity contribution in [3.05, 3.63) is 176 Å². The quantitative estimate of drug-likeness (QED) is 0.139. The third-order valence-electron chi connectivity index (χ3n) is 9.19. The van der Waals surface area contributed by atoms with E-state index in [4.69, 9.17) is 9.47 Å². The Morgan fingerprint density at radius 1 is 0.333 bits per heavy atom. The Labute approximate surface area is 279 Å². The SMILES string of the molecule is O=P(c1ccccc1)(c1ccccc1)c1cccc(-c2c3ccccc3c(-c3ccc4c(c3)Oc3ccccc3O4)c3ccccc23)c1. The highest BCUT2D eigenvalue weighted by Crippen LogP contribution is 2.50. The Morgan fingerprint density at radius 2 is 0.750 bits per heavy atom. The van der Waals surface area contributed by atoms with Crippen molar-refractivity contribution in [2.24, 2.45) is 0 Å². The summed E-state index contributed by atoms with van der Waals surface area (Å²) in [6, 6.07) is 59.1. The number of para-hydroxylation sites is 2. The second-order valence-electron chi connectivity index (χ2n) is 12.0. The van der Waals surface area contributed by atoms with Crippen LogP contribution in [-0.2, 0) is 4.57 Å². The van der Waals surface area contributed by atoms with Crippen molar-refractivity contribution >= 4 is 44.6 Å². The largest absolute Gasteiger partial charge is 0.450 e. The highest BCUT2D eigenvalue weighted by molar-refractivity contribution is 7.85. The Bertz CT molecular complexity index is 2440. The molecule has 0 N–H and O–H groups in total. The van der Waals surface area contributed by atoms with E-state index in [2.05, 4.69) is 72.8 Å². The maximum Gasteiger partial charge on any atom is 0.171 e. The lowest BCUT2D eigenvalue weighted by Crippen LogP contribution is -2.25. The third kappa shape index (κ3) is 4.55. The fourth-order valence-electron chi connectivity index (χ4n) is 7.01. The summed E-state index contributed by atoms with van der Waals surface area (Å²) in [4.78, 5) is 0. The predicted molar refractivity (Wildman–Crippen MR) is 198 cm³/mol. The van der Waals surface area contributed by atoms with E-state index in [1.54, 1.807) is 0 Å². The zero-order chi connectivity index (χ0) is 32.1. The topological polar surface area (TPSA) is 35.5 Å². The molecule has 0 aromatic heterocycles. The molecule has 0 amide bonds. The molecule has 9 rings (SSSR count). The maximum atomic E-state index is 15.3. The van der Waals surface area contributed by atoms with Crippen molar-refractivity contribution in [2.75, 3.05) is 0 Å². The van der Waals surface area contributed by atoms with E-state index in [-0.39, 0.29) is 0 Å². The van der Waals surface area contributed by atoms with Crippen LogP contribution in [0.4, 0.5) is 0 Å². The second kappa shape index (κ2) is 11.4. The molecular weight excluding hydrogens is 607 g/mol. The van der Waals surface area contributed by atoms with Gasteiger partial charge in [-0.05, 0) is 74.1 Å². The normalized spacial score (nSPS) is 12.2. The van der Waals surface area contributed by atoms with Crippen LogP contribution in [0.1, 0.15) is 0 Å². The molecule has 0 unspecified atom stereocenters. The number of fused-ring (bicyclic) bond motifs is 4. The number of benzene rings is 8. The summed E-state index contributed by atoms with van der Waals surface area (Å²) in [5.74, 6) is 2.80. The van der Waals surface area contributed by atoms with E-state index in [1.807, 2.05) is 103 Å². The Balaban J connectivity index is 1.26. The lowest BCUT2D eigenvalue weighted by atomic mass is 9.86. The monoisotopic (exact) mass is 636 g/mol. The van der Waals surface area contributed by atoms with Gasteiger partial charge in [0.05, 0.1) is 0 Å². The van der Waals surface area contributed by atoms with Gasteiger partial charge < -0.3 is 14.0 Å². The molecule has 8 aromatic rings. The molecule has 4 heteroatoms. The predicted octanol–water partition coefficient (Wildman–Crippen LogP) is 10.9. The third-order valence-corrected chi connectivity index (χ3v) is 12.2. The van der Waals surface area contributed by atoms with E-state index in [0.717, 1.165) is 59.7 Å². The summed E-state index contributed by atoms with van der Waals surface area (Å²) in [7, 11) is -3.16. The molecule has 1 aliphatic heterocycles. The van der Waals surface area contributed by atoms with Gasteiger partial charge in [0, 0.05) is 15.9 Å². The van der Waals surface area contributed by atoms with Gasteiger partial charge in [-0.3, -0.25) is 0 Å². The van der Waals surface area contributed by atoms with Crippen LogP contribution in [0.25, 0.3) is 43.8 Å². The van der Waals surface area contributed by atoms with Crippen LogP contribution in [0.15, 0.2) is 176 Å².